The molecule has 0 radical (unpaired) electrons. The second-order valence-corrected chi connectivity index (χ2v) is 6.34. The third-order valence-electron chi connectivity index (χ3n) is 3.70. The Morgan fingerprint density at radius 3 is 2.54 bits per heavy atom. The normalized spacial score (nSPS) is 10.6. The fraction of sp³-hybridized carbons (Fsp3) is 0.0556. The van der Waals surface area contributed by atoms with Crippen molar-refractivity contribution in [2.75, 3.05) is 5.32 Å². The number of nitro groups is 1. The van der Waals surface area contributed by atoms with Crippen LogP contribution in [0.3, 0.4) is 0 Å². The number of hydrogen-bond donors (Lipinski definition) is 1. The van der Waals surface area contributed by atoms with Crippen molar-refractivity contribution in [2.24, 2.45) is 0 Å². The number of benzene rings is 2. The van der Waals surface area contributed by atoms with Crippen LogP contribution in [-0.4, -0.2) is 10.8 Å². The van der Waals surface area contributed by atoms with Crippen molar-refractivity contribution in [1.29, 1.82) is 0 Å². The average molecular weight is 391 g/mol. The van der Waals surface area contributed by atoms with Gasteiger partial charge in [-0.05, 0) is 48.9 Å². The number of nitrogens with one attached hydrogen (secondary N) is 1. The summed E-state index contributed by atoms with van der Waals surface area (Å²) in [5.41, 5.74) is 1.74. The molecule has 26 heavy (non-hydrogen) atoms. The highest BCUT2D eigenvalue weighted by Crippen LogP contribution is 2.30. The lowest BCUT2D eigenvalue weighted by molar-refractivity contribution is -0.384. The maximum atomic E-state index is 12.3. The third kappa shape index (κ3) is 3.71. The highest BCUT2D eigenvalue weighted by atomic mass is 35.5. The Labute approximate surface area is 158 Å². The standard InChI is InChI=1S/C18H12Cl2N2O4/c1-10-8-12(22(24)25)3-4-13(10)16-6-7-17(26-16)18(23)21-15-5-2-11(19)9-14(15)20/h2-9H,1H3,(H,21,23). The smallest absolute Gasteiger partial charge is 0.291 e. The molecule has 0 aliphatic carbocycles. The third-order valence-corrected chi connectivity index (χ3v) is 4.24. The van der Waals surface area contributed by atoms with Crippen molar-refractivity contribution in [3.05, 3.63) is 80.0 Å². The van der Waals surface area contributed by atoms with E-state index in [4.69, 9.17) is 27.6 Å². The van der Waals surface area contributed by atoms with E-state index in [0.29, 0.717) is 32.6 Å². The van der Waals surface area contributed by atoms with E-state index in [1.54, 1.807) is 31.2 Å². The summed E-state index contributed by atoms with van der Waals surface area (Å²) in [5, 5.41) is 14.2. The van der Waals surface area contributed by atoms with Crippen molar-refractivity contribution in [2.45, 2.75) is 6.92 Å². The van der Waals surface area contributed by atoms with Gasteiger partial charge in [0.15, 0.2) is 5.76 Å². The van der Waals surface area contributed by atoms with Crippen molar-refractivity contribution in [3.63, 3.8) is 0 Å². The van der Waals surface area contributed by atoms with E-state index in [1.165, 1.54) is 24.3 Å². The van der Waals surface area contributed by atoms with Crippen LogP contribution in [0.15, 0.2) is 52.9 Å². The van der Waals surface area contributed by atoms with Crippen LogP contribution in [0, 0.1) is 17.0 Å². The number of amides is 1. The molecular formula is C18H12Cl2N2O4. The summed E-state index contributed by atoms with van der Waals surface area (Å²) in [5.74, 6) is 0.0496. The molecule has 0 spiro atoms. The van der Waals surface area contributed by atoms with E-state index in [2.05, 4.69) is 5.32 Å². The first-order valence-electron chi connectivity index (χ1n) is 7.47. The number of carbonyl (C=O) groups is 1. The van der Waals surface area contributed by atoms with E-state index in [0.717, 1.165) is 0 Å². The summed E-state index contributed by atoms with van der Waals surface area (Å²) in [7, 11) is 0. The fourth-order valence-corrected chi connectivity index (χ4v) is 2.87. The molecule has 0 atom stereocenters. The minimum atomic E-state index is -0.472. The molecule has 1 aromatic heterocycles. The largest absolute Gasteiger partial charge is 0.451 e. The fourth-order valence-electron chi connectivity index (χ4n) is 2.42. The van der Waals surface area contributed by atoms with E-state index >= 15 is 0 Å². The van der Waals surface area contributed by atoms with Gasteiger partial charge >= 0.3 is 0 Å². The van der Waals surface area contributed by atoms with Crippen molar-refractivity contribution in [3.8, 4) is 11.3 Å². The summed E-state index contributed by atoms with van der Waals surface area (Å²) >= 11 is 11.9. The van der Waals surface area contributed by atoms with Crippen LogP contribution in [-0.2, 0) is 0 Å². The van der Waals surface area contributed by atoms with Gasteiger partial charge in [-0.1, -0.05) is 23.2 Å². The predicted molar refractivity (Wildman–Crippen MR) is 100.0 cm³/mol. The monoisotopic (exact) mass is 390 g/mol. The van der Waals surface area contributed by atoms with Crippen LogP contribution in [0.4, 0.5) is 11.4 Å². The van der Waals surface area contributed by atoms with Crippen molar-refractivity contribution in [1.82, 2.24) is 0 Å². The number of rotatable bonds is 4. The van der Waals surface area contributed by atoms with Gasteiger partial charge in [-0.3, -0.25) is 14.9 Å². The molecule has 0 aliphatic heterocycles. The lowest BCUT2D eigenvalue weighted by atomic mass is 10.1. The highest BCUT2D eigenvalue weighted by Gasteiger charge is 2.16. The van der Waals surface area contributed by atoms with Gasteiger partial charge in [0.1, 0.15) is 5.76 Å². The quantitative estimate of drug-likeness (QED) is 0.455. The van der Waals surface area contributed by atoms with Gasteiger partial charge in [0.05, 0.1) is 15.6 Å². The Kier molecular flexibility index (Phi) is 4.97. The van der Waals surface area contributed by atoms with Gasteiger partial charge in [0.2, 0.25) is 0 Å². The first-order chi connectivity index (χ1) is 12.3. The Balaban J connectivity index is 1.83. The Morgan fingerprint density at radius 2 is 1.88 bits per heavy atom. The van der Waals surface area contributed by atoms with Gasteiger partial charge in [-0.2, -0.15) is 0 Å². The zero-order chi connectivity index (χ0) is 18.8. The van der Waals surface area contributed by atoms with Crippen LogP contribution < -0.4 is 5.32 Å². The molecule has 0 bridgehead atoms. The topological polar surface area (TPSA) is 85.4 Å². The zero-order valence-corrected chi connectivity index (χ0v) is 15.0. The SMILES string of the molecule is Cc1cc([N+](=O)[O-])ccc1-c1ccc(C(=O)Nc2ccc(Cl)cc2Cl)o1. The Bertz CT molecular complexity index is 1010. The molecule has 8 heteroatoms. The molecule has 6 nitrogen and oxygen atoms in total. The molecule has 1 heterocycles. The molecule has 0 unspecified atom stereocenters. The lowest BCUT2D eigenvalue weighted by Gasteiger charge is -2.06. The van der Waals surface area contributed by atoms with E-state index in [9.17, 15) is 14.9 Å². The maximum absolute atomic E-state index is 12.3. The summed E-state index contributed by atoms with van der Waals surface area (Å²) < 4.78 is 5.60. The second kappa shape index (κ2) is 7.19. The van der Waals surface area contributed by atoms with Crippen molar-refractivity contribution >= 4 is 40.5 Å². The zero-order valence-electron chi connectivity index (χ0n) is 13.5. The number of non-ortho nitro benzene ring substituents is 1. The van der Waals surface area contributed by atoms with Crippen LogP contribution in [0.2, 0.25) is 10.0 Å². The van der Waals surface area contributed by atoms with Crippen LogP contribution in [0.1, 0.15) is 16.1 Å². The molecule has 0 saturated heterocycles. The molecule has 0 saturated carbocycles. The number of nitrogens with zero attached hydrogens (tertiary/aromatic N) is 1. The van der Waals surface area contributed by atoms with Gasteiger partial charge in [0.25, 0.3) is 11.6 Å². The Hall–Kier alpha value is -2.83. The molecule has 2 aromatic carbocycles. The number of halogens is 2. The maximum Gasteiger partial charge on any atom is 0.291 e. The first kappa shape index (κ1) is 18.0. The highest BCUT2D eigenvalue weighted by molar-refractivity contribution is 6.36. The average Bonchev–Trinajstić information content (AvgIpc) is 3.07. The lowest BCUT2D eigenvalue weighted by Crippen LogP contribution is -2.11. The van der Waals surface area contributed by atoms with Gasteiger partial charge in [-0.15, -0.1) is 0 Å². The van der Waals surface area contributed by atoms with Gasteiger partial charge < -0.3 is 9.73 Å². The number of nitro benzene ring substituents is 1. The summed E-state index contributed by atoms with van der Waals surface area (Å²) in [6.07, 6.45) is 0. The van der Waals surface area contributed by atoms with Crippen LogP contribution in [0.5, 0.6) is 0 Å². The molecule has 1 amide bonds. The first-order valence-corrected chi connectivity index (χ1v) is 8.22. The molecule has 3 rings (SSSR count). The van der Waals surface area contributed by atoms with E-state index < -0.39 is 10.8 Å². The second-order valence-electron chi connectivity index (χ2n) is 5.50. The van der Waals surface area contributed by atoms with E-state index in [-0.39, 0.29) is 11.4 Å². The molecular weight excluding hydrogens is 379 g/mol. The molecule has 132 valence electrons. The Morgan fingerprint density at radius 1 is 1.12 bits per heavy atom. The number of carbonyl (C=O) groups excluding carboxylic acids is 1. The van der Waals surface area contributed by atoms with Crippen LogP contribution >= 0.6 is 23.2 Å². The number of anilines is 1. The minimum Gasteiger partial charge on any atom is -0.451 e. The molecule has 0 fully saturated rings. The molecule has 3 aromatic rings. The number of hydrogen-bond acceptors (Lipinski definition) is 4. The predicted octanol–water partition coefficient (Wildman–Crippen LogP) is 5.72. The summed E-state index contributed by atoms with van der Waals surface area (Å²) in [6, 6.07) is 12.3. The van der Waals surface area contributed by atoms with Gasteiger partial charge in [0, 0.05) is 22.7 Å². The number of aryl methyl sites for hydroxylation is 1. The number of furan rings is 1. The molecule has 0 aliphatic rings. The van der Waals surface area contributed by atoms with E-state index in [1.807, 2.05) is 0 Å². The molecule has 1 N–H and O–H groups in total. The summed E-state index contributed by atoms with van der Waals surface area (Å²) in [4.78, 5) is 22.7. The van der Waals surface area contributed by atoms with Crippen LogP contribution in [0.25, 0.3) is 11.3 Å². The van der Waals surface area contributed by atoms with Crippen molar-refractivity contribution < 1.29 is 14.1 Å². The summed E-state index contributed by atoms with van der Waals surface area (Å²) in [6.45, 7) is 1.73. The minimum absolute atomic E-state index is 0.00634. The van der Waals surface area contributed by atoms with Gasteiger partial charge in [-0.25, -0.2) is 0 Å².